The number of rotatable bonds is 3. The summed E-state index contributed by atoms with van der Waals surface area (Å²) in [7, 11) is 3.44. The smallest absolute Gasteiger partial charge is 0.168 e. The fraction of sp³-hybridized carbons (Fsp3) is 0.167. The van der Waals surface area contributed by atoms with Crippen LogP contribution in [0.4, 0.5) is 0 Å². The first kappa shape index (κ1) is 10.4. The second-order valence-corrected chi connectivity index (χ2v) is 3.41. The lowest BCUT2D eigenvalue weighted by atomic mass is 10.2. The van der Waals surface area contributed by atoms with Crippen molar-refractivity contribution in [3.05, 3.63) is 36.2 Å². The van der Waals surface area contributed by atoms with Crippen LogP contribution in [-0.2, 0) is 7.05 Å². The van der Waals surface area contributed by atoms with Crippen LogP contribution in [0.25, 0.3) is 11.4 Å². The molecule has 0 saturated heterocycles. The Balaban J connectivity index is 2.42. The molecule has 0 saturated carbocycles. The van der Waals surface area contributed by atoms with Gasteiger partial charge in [0, 0.05) is 12.6 Å². The summed E-state index contributed by atoms with van der Waals surface area (Å²) in [6.07, 6.45) is 2.35. The number of hydrogen-bond acceptors (Lipinski definition) is 3. The molecule has 0 amide bonds. The lowest BCUT2D eigenvalue weighted by Gasteiger charge is -2.04. The quantitative estimate of drug-likeness (QED) is 0.736. The van der Waals surface area contributed by atoms with Crippen molar-refractivity contribution >= 4 is 6.29 Å². The summed E-state index contributed by atoms with van der Waals surface area (Å²) in [6.45, 7) is 0. The van der Waals surface area contributed by atoms with Crippen LogP contribution in [0.3, 0.4) is 0 Å². The van der Waals surface area contributed by atoms with Crippen molar-refractivity contribution in [1.82, 2.24) is 9.55 Å². The van der Waals surface area contributed by atoms with Gasteiger partial charge >= 0.3 is 0 Å². The number of nitrogens with zero attached hydrogens (tertiary/aromatic N) is 2. The van der Waals surface area contributed by atoms with Crippen LogP contribution in [-0.4, -0.2) is 22.9 Å². The van der Waals surface area contributed by atoms with E-state index in [1.165, 1.54) is 0 Å². The monoisotopic (exact) mass is 216 g/mol. The highest BCUT2D eigenvalue weighted by molar-refractivity contribution is 5.74. The number of carbonyl (C=O) groups excluding carboxylic acids is 1. The molecule has 1 aromatic carbocycles. The Morgan fingerprint density at radius 1 is 1.31 bits per heavy atom. The van der Waals surface area contributed by atoms with Gasteiger partial charge in [-0.05, 0) is 24.3 Å². The number of aromatic nitrogens is 2. The zero-order chi connectivity index (χ0) is 11.5. The average molecular weight is 216 g/mol. The maximum atomic E-state index is 10.7. The van der Waals surface area contributed by atoms with Gasteiger partial charge in [-0.1, -0.05) is 0 Å². The van der Waals surface area contributed by atoms with Crippen LogP contribution in [0.15, 0.2) is 30.5 Å². The maximum absolute atomic E-state index is 10.7. The Morgan fingerprint density at radius 2 is 2.00 bits per heavy atom. The number of ether oxygens (including phenoxy) is 1. The first-order valence-electron chi connectivity index (χ1n) is 4.87. The van der Waals surface area contributed by atoms with Crippen molar-refractivity contribution in [1.29, 1.82) is 0 Å². The van der Waals surface area contributed by atoms with E-state index < -0.39 is 0 Å². The van der Waals surface area contributed by atoms with Crippen molar-refractivity contribution in [3.63, 3.8) is 0 Å². The number of hydrogen-bond donors (Lipinski definition) is 0. The van der Waals surface area contributed by atoms with Gasteiger partial charge in [-0.2, -0.15) is 0 Å². The van der Waals surface area contributed by atoms with Gasteiger partial charge in [0.2, 0.25) is 0 Å². The van der Waals surface area contributed by atoms with Crippen LogP contribution in [0.1, 0.15) is 10.5 Å². The van der Waals surface area contributed by atoms with Crippen LogP contribution in [0, 0.1) is 0 Å². The number of aldehydes is 1. The molecular formula is C12H12N2O2. The second kappa shape index (κ2) is 4.18. The van der Waals surface area contributed by atoms with Gasteiger partial charge in [-0.15, -0.1) is 0 Å². The van der Waals surface area contributed by atoms with E-state index in [1.54, 1.807) is 17.9 Å². The van der Waals surface area contributed by atoms with Crippen LogP contribution in [0.5, 0.6) is 5.75 Å². The molecule has 16 heavy (non-hydrogen) atoms. The molecular weight excluding hydrogens is 204 g/mol. The number of imidazole rings is 1. The predicted molar refractivity (Wildman–Crippen MR) is 60.6 cm³/mol. The number of benzene rings is 1. The highest BCUT2D eigenvalue weighted by Crippen LogP contribution is 2.21. The van der Waals surface area contributed by atoms with Gasteiger partial charge in [-0.3, -0.25) is 4.79 Å². The molecule has 2 rings (SSSR count). The molecule has 1 heterocycles. The third-order valence-electron chi connectivity index (χ3n) is 2.49. The summed E-state index contributed by atoms with van der Waals surface area (Å²) in [4.78, 5) is 14.9. The van der Waals surface area contributed by atoms with E-state index in [0.717, 1.165) is 23.4 Å². The Hall–Kier alpha value is -2.10. The molecule has 4 nitrogen and oxygen atoms in total. The summed E-state index contributed by atoms with van der Waals surface area (Å²) >= 11 is 0. The van der Waals surface area contributed by atoms with Crippen LogP contribution >= 0.6 is 0 Å². The summed E-state index contributed by atoms with van der Waals surface area (Å²) in [5, 5.41) is 0. The highest BCUT2D eigenvalue weighted by atomic mass is 16.5. The summed E-state index contributed by atoms with van der Waals surface area (Å²) < 4.78 is 6.84. The Labute approximate surface area is 93.5 Å². The van der Waals surface area contributed by atoms with E-state index >= 15 is 0 Å². The minimum absolute atomic E-state index is 0.561. The van der Waals surface area contributed by atoms with Crippen molar-refractivity contribution < 1.29 is 9.53 Å². The Morgan fingerprint density at radius 3 is 2.50 bits per heavy atom. The lowest BCUT2D eigenvalue weighted by molar-refractivity contribution is 0.111. The van der Waals surface area contributed by atoms with Gasteiger partial charge in [-0.25, -0.2) is 4.98 Å². The highest BCUT2D eigenvalue weighted by Gasteiger charge is 2.07. The predicted octanol–water partition coefficient (Wildman–Crippen LogP) is 1.91. The number of methoxy groups -OCH3 is 1. The summed E-state index contributed by atoms with van der Waals surface area (Å²) in [6, 6.07) is 7.56. The Kier molecular flexibility index (Phi) is 2.72. The second-order valence-electron chi connectivity index (χ2n) is 3.41. The first-order valence-corrected chi connectivity index (χ1v) is 4.87. The molecule has 1 aromatic heterocycles. The van der Waals surface area contributed by atoms with Gasteiger partial charge in [0.05, 0.1) is 13.3 Å². The molecule has 4 heteroatoms. The van der Waals surface area contributed by atoms with Crippen LogP contribution < -0.4 is 4.74 Å². The van der Waals surface area contributed by atoms with Crippen molar-refractivity contribution in [3.8, 4) is 17.1 Å². The molecule has 0 bridgehead atoms. The van der Waals surface area contributed by atoms with Crippen molar-refractivity contribution in [2.75, 3.05) is 7.11 Å². The van der Waals surface area contributed by atoms with Gasteiger partial charge < -0.3 is 9.30 Å². The average Bonchev–Trinajstić information content (AvgIpc) is 2.70. The van der Waals surface area contributed by atoms with Gasteiger partial charge in [0.15, 0.2) is 6.29 Å². The molecule has 0 atom stereocenters. The normalized spacial score (nSPS) is 10.1. The molecule has 82 valence electrons. The topological polar surface area (TPSA) is 44.1 Å². The fourth-order valence-corrected chi connectivity index (χ4v) is 1.54. The van der Waals surface area contributed by atoms with Gasteiger partial charge in [0.1, 0.15) is 17.3 Å². The molecule has 0 aliphatic heterocycles. The first-order chi connectivity index (χ1) is 7.76. The molecule has 0 N–H and O–H groups in total. The number of carbonyl (C=O) groups is 1. The summed E-state index contributed by atoms with van der Waals surface area (Å²) in [5.41, 5.74) is 1.52. The van der Waals surface area contributed by atoms with E-state index in [-0.39, 0.29) is 0 Å². The largest absolute Gasteiger partial charge is 0.497 e. The van der Waals surface area contributed by atoms with Crippen molar-refractivity contribution in [2.45, 2.75) is 0 Å². The van der Waals surface area contributed by atoms with Crippen LogP contribution in [0.2, 0.25) is 0 Å². The minimum Gasteiger partial charge on any atom is -0.497 e. The zero-order valence-electron chi connectivity index (χ0n) is 9.18. The molecule has 0 radical (unpaired) electrons. The fourth-order valence-electron chi connectivity index (χ4n) is 1.54. The molecule has 0 spiro atoms. The van der Waals surface area contributed by atoms with Gasteiger partial charge in [0.25, 0.3) is 0 Å². The third-order valence-corrected chi connectivity index (χ3v) is 2.49. The summed E-state index contributed by atoms with van der Waals surface area (Å²) in [5.74, 6) is 1.57. The molecule has 0 aliphatic carbocycles. The zero-order valence-corrected chi connectivity index (χ0v) is 9.18. The van der Waals surface area contributed by atoms with E-state index in [0.29, 0.717) is 5.69 Å². The maximum Gasteiger partial charge on any atom is 0.168 e. The van der Waals surface area contributed by atoms with E-state index in [9.17, 15) is 4.79 Å². The lowest BCUT2D eigenvalue weighted by Crippen LogP contribution is -1.97. The van der Waals surface area contributed by atoms with E-state index in [2.05, 4.69) is 4.98 Å². The SMILES string of the molecule is COc1ccc(-c2ncc(C=O)n2C)cc1. The third kappa shape index (κ3) is 1.69. The molecule has 0 fully saturated rings. The Bertz CT molecular complexity index is 500. The standard InChI is InChI=1S/C12H12N2O2/c1-14-10(8-15)7-13-12(14)9-3-5-11(16-2)6-4-9/h3-8H,1-2H3. The van der Waals surface area contributed by atoms with E-state index in [4.69, 9.17) is 4.74 Å². The molecule has 0 aliphatic rings. The minimum atomic E-state index is 0.561. The van der Waals surface area contributed by atoms with E-state index in [1.807, 2.05) is 31.3 Å². The molecule has 0 unspecified atom stereocenters. The molecule has 2 aromatic rings. The van der Waals surface area contributed by atoms with Crippen molar-refractivity contribution in [2.24, 2.45) is 7.05 Å².